The second kappa shape index (κ2) is 6.46. The molecular weight excluding hydrogens is 266 g/mol. The summed E-state index contributed by atoms with van der Waals surface area (Å²) < 4.78 is 0. The fraction of sp³-hybridized carbons (Fsp3) is 0.500. The van der Waals surface area contributed by atoms with Gasteiger partial charge in [-0.3, -0.25) is 9.88 Å². The van der Waals surface area contributed by atoms with E-state index in [9.17, 15) is 0 Å². The van der Waals surface area contributed by atoms with E-state index in [1.54, 1.807) is 11.3 Å². The maximum absolute atomic E-state index is 4.60. The van der Waals surface area contributed by atoms with Gasteiger partial charge in [0, 0.05) is 24.3 Å². The first-order valence-corrected chi connectivity index (χ1v) is 8.32. The van der Waals surface area contributed by atoms with Gasteiger partial charge in [0.1, 0.15) is 5.01 Å². The number of aromatic nitrogens is 2. The minimum Gasteiger partial charge on any atom is -0.288 e. The molecule has 0 aromatic carbocycles. The molecule has 1 saturated heterocycles. The number of hydrogen-bond acceptors (Lipinski definition) is 4. The first-order chi connectivity index (χ1) is 9.86. The lowest BCUT2D eigenvalue weighted by atomic mass is 10.0. The second-order valence-electron chi connectivity index (χ2n) is 5.36. The van der Waals surface area contributed by atoms with E-state index in [4.69, 9.17) is 0 Å². The molecule has 0 amide bonds. The van der Waals surface area contributed by atoms with Gasteiger partial charge in [0.15, 0.2) is 0 Å². The van der Waals surface area contributed by atoms with Crippen LogP contribution < -0.4 is 0 Å². The first kappa shape index (κ1) is 13.7. The van der Waals surface area contributed by atoms with Crippen molar-refractivity contribution < 1.29 is 0 Å². The molecule has 0 N–H and O–H groups in total. The third-order valence-electron chi connectivity index (χ3n) is 4.01. The van der Waals surface area contributed by atoms with Crippen molar-refractivity contribution in [1.82, 2.24) is 14.9 Å². The van der Waals surface area contributed by atoms with E-state index >= 15 is 0 Å². The van der Waals surface area contributed by atoms with Gasteiger partial charge in [0.25, 0.3) is 0 Å². The highest BCUT2D eigenvalue weighted by atomic mass is 32.1. The number of nitrogens with zero attached hydrogens (tertiary/aromatic N) is 3. The Labute approximate surface area is 124 Å². The zero-order valence-electron chi connectivity index (χ0n) is 12.0. The quantitative estimate of drug-likeness (QED) is 0.856. The summed E-state index contributed by atoms with van der Waals surface area (Å²) in [7, 11) is 0. The molecule has 1 atom stereocenters. The summed E-state index contributed by atoms with van der Waals surface area (Å²) in [5.74, 6) is 0. The van der Waals surface area contributed by atoms with E-state index in [-0.39, 0.29) is 0 Å². The molecule has 0 bridgehead atoms. The maximum atomic E-state index is 4.60. The Morgan fingerprint density at radius 1 is 1.30 bits per heavy atom. The Balaban J connectivity index is 1.73. The normalized spacial score (nSPS) is 20.1. The van der Waals surface area contributed by atoms with Crippen LogP contribution >= 0.6 is 11.3 Å². The monoisotopic (exact) mass is 287 g/mol. The van der Waals surface area contributed by atoms with E-state index in [1.807, 2.05) is 12.4 Å². The van der Waals surface area contributed by atoms with Crippen molar-refractivity contribution in [3.8, 4) is 0 Å². The van der Waals surface area contributed by atoms with Crippen LogP contribution in [-0.2, 0) is 13.0 Å². The van der Waals surface area contributed by atoms with Gasteiger partial charge in [-0.05, 0) is 37.4 Å². The SMILES string of the molecule is CCc1ccc(CN2CCCC[C@H]2c2nccs2)nc1. The number of piperidine rings is 1. The van der Waals surface area contributed by atoms with Crippen LogP contribution in [0, 0.1) is 0 Å². The van der Waals surface area contributed by atoms with Crippen molar-refractivity contribution >= 4 is 11.3 Å². The van der Waals surface area contributed by atoms with Gasteiger partial charge in [0.2, 0.25) is 0 Å². The van der Waals surface area contributed by atoms with Gasteiger partial charge in [-0.15, -0.1) is 11.3 Å². The summed E-state index contributed by atoms with van der Waals surface area (Å²) in [6.07, 6.45) is 8.80. The predicted octanol–water partition coefficient (Wildman–Crippen LogP) is 3.83. The maximum Gasteiger partial charge on any atom is 0.110 e. The van der Waals surface area contributed by atoms with Crippen LogP contribution in [-0.4, -0.2) is 21.4 Å². The molecule has 4 heteroatoms. The van der Waals surface area contributed by atoms with Crippen LogP contribution in [0.3, 0.4) is 0 Å². The topological polar surface area (TPSA) is 29.0 Å². The highest BCUT2D eigenvalue weighted by molar-refractivity contribution is 7.09. The fourth-order valence-corrected chi connectivity index (χ4v) is 3.63. The molecule has 3 nitrogen and oxygen atoms in total. The van der Waals surface area contributed by atoms with E-state index in [1.165, 1.54) is 35.5 Å². The van der Waals surface area contributed by atoms with Crippen LogP contribution in [0.25, 0.3) is 0 Å². The summed E-state index contributed by atoms with van der Waals surface area (Å²) in [5, 5.41) is 3.34. The summed E-state index contributed by atoms with van der Waals surface area (Å²) in [6, 6.07) is 4.85. The highest BCUT2D eigenvalue weighted by Gasteiger charge is 2.25. The van der Waals surface area contributed by atoms with Crippen LogP contribution in [0.15, 0.2) is 29.9 Å². The molecule has 3 rings (SSSR count). The third kappa shape index (κ3) is 3.07. The van der Waals surface area contributed by atoms with Gasteiger partial charge in [-0.1, -0.05) is 19.4 Å². The van der Waals surface area contributed by atoms with Crippen molar-refractivity contribution in [2.75, 3.05) is 6.54 Å². The Hall–Kier alpha value is -1.26. The number of hydrogen-bond donors (Lipinski definition) is 0. The standard InChI is InChI=1S/C16H21N3S/c1-2-13-6-7-14(18-11-13)12-19-9-4-3-5-15(19)16-17-8-10-20-16/h6-8,10-11,15H,2-5,9,12H2,1H3/t15-/m0/s1. The second-order valence-corrected chi connectivity index (χ2v) is 6.29. The van der Waals surface area contributed by atoms with E-state index in [2.05, 4.69) is 39.3 Å². The molecule has 1 fully saturated rings. The average molecular weight is 287 g/mol. The fourth-order valence-electron chi connectivity index (χ4n) is 2.82. The minimum absolute atomic E-state index is 0.483. The van der Waals surface area contributed by atoms with Gasteiger partial charge < -0.3 is 0 Å². The largest absolute Gasteiger partial charge is 0.288 e. The Kier molecular flexibility index (Phi) is 4.43. The van der Waals surface area contributed by atoms with Crippen molar-refractivity contribution in [2.45, 2.75) is 45.2 Å². The van der Waals surface area contributed by atoms with E-state index < -0.39 is 0 Å². The summed E-state index contributed by atoms with van der Waals surface area (Å²) in [4.78, 5) is 11.7. The van der Waals surface area contributed by atoms with Crippen molar-refractivity contribution in [2.24, 2.45) is 0 Å². The van der Waals surface area contributed by atoms with E-state index in [0.29, 0.717) is 6.04 Å². The van der Waals surface area contributed by atoms with Crippen LogP contribution in [0.4, 0.5) is 0 Å². The smallest absolute Gasteiger partial charge is 0.110 e. The molecule has 0 radical (unpaired) electrons. The third-order valence-corrected chi connectivity index (χ3v) is 4.89. The predicted molar refractivity (Wildman–Crippen MR) is 82.7 cm³/mol. The molecule has 0 spiro atoms. The van der Waals surface area contributed by atoms with Crippen molar-refractivity contribution in [1.29, 1.82) is 0 Å². The molecule has 2 aromatic rings. The lowest BCUT2D eigenvalue weighted by Gasteiger charge is -2.34. The molecule has 0 unspecified atom stereocenters. The summed E-state index contributed by atoms with van der Waals surface area (Å²) in [5.41, 5.74) is 2.48. The number of thiazole rings is 1. The lowest BCUT2D eigenvalue weighted by Crippen LogP contribution is -2.33. The van der Waals surface area contributed by atoms with Crippen LogP contribution in [0.5, 0.6) is 0 Å². The minimum atomic E-state index is 0.483. The number of aryl methyl sites for hydroxylation is 1. The Morgan fingerprint density at radius 2 is 2.25 bits per heavy atom. The number of pyridine rings is 1. The molecule has 1 aliphatic rings. The van der Waals surface area contributed by atoms with Gasteiger partial charge in [0.05, 0.1) is 11.7 Å². The Morgan fingerprint density at radius 3 is 2.95 bits per heavy atom. The lowest BCUT2D eigenvalue weighted by molar-refractivity contribution is 0.138. The average Bonchev–Trinajstić information content (AvgIpc) is 3.03. The molecule has 20 heavy (non-hydrogen) atoms. The molecule has 0 saturated carbocycles. The van der Waals surface area contributed by atoms with Gasteiger partial charge >= 0.3 is 0 Å². The summed E-state index contributed by atoms with van der Waals surface area (Å²) >= 11 is 1.78. The molecule has 2 aromatic heterocycles. The molecule has 3 heterocycles. The molecule has 106 valence electrons. The van der Waals surface area contributed by atoms with Crippen molar-refractivity contribution in [3.05, 3.63) is 46.2 Å². The van der Waals surface area contributed by atoms with Crippen LogP contribution in [0.2, 0.25) is 0 Å². The van der Waals surface area contributed by atoms with Crippen LogP contribution in [0.1, 0.15) is 48.5 Å². The zero-order valence-corrected chi connectivity index (χ0v) is 12.8. The zero-order chi connectivity index (χ0) is 13.8. The van der Waals surface area contributed by atoms with Gasteiger partial charge in [-0.25, -0.2) is 4.98 Å². The highest BCUT2D eigenvalue weighted by Crippen LogP contribution is 2.32. The van der Waals surface area contributed by atoms with E-state index in [0.717, 1.165) is 19.5 Å². The number of rotatable bonds is 4. The molecule has 0 aliphatic carbocycles. The molecular formula is C16H21N3S. The molecule has 1 aliphatic heterocycles. The van der Waals surface area contributed by atoms with Gasteiger partial charge in [-0.2, -0.15) is 0 Å². The summed E-state index contributed by atoms with van der Waals surface area (Å²) in [6.45, 7) is 4.26. The Bertz CT molecular complexity index is 521. The first-order valence-electron chi connectivity index (χ1n) is 7.44. The van der Waals surface area contributed by atoms with Crippen molar-refractivity contribution in [3.63, 3.8) is 0 Å². The number of likely N-dealkylation sites (tertiary alicyclic amines) is 1.